The number of nitrogens with zero attached hydrogens (tertiary/aromatic N) is 1. The Bertz CT molecular complexity index is 1170. The summed E-state index contributed by atoms with van der Waals surface area (Å²) in [5.74, 6) is -0.0815. The van der Waals surface area contributed by atoms with Crippen molar-refractivity contribution < 1.29 is 13.6 Å². The number of aromatic nitrogens is 1. The lowest BCUT2D eigenvalue weighted by Crippen LogP contribution is -2.10. The fourth-order valence-electron chi connectivity index (χ4n) is 2.70. The second-order valence-electron chi connectivity index (χ2n) is 6.18. The average Bonchev–Trinajstić information content (AvgIpc) is 3.33. The van der Waals surface area contributed by atoms with Crippen molar-refractivity contribution in [2.75, 3.05) is 5.32 Å². The Kier molecular flexibility index (Phi) is 5.67. The minimum atomic E-state index is -0.413. The molecule has 0 saturated heterocycles. The maximum Gasteiger partial charge on any atom is 0.293 e. The second kappa shape index (κ2) is 8.37. The van der Waals surface area contributed by atoms with Crippen LogP contribution in [0.2, 0.25) is 10.0 Å². The molecule has 2 aromatic carbocycles. The summed E-state index contributed by atoms with van der Waals surface area (Å²) in [5, 5.41) is 4.13. The van der Waals surface area contributed by atoms with Gasteiger partial charge in [-0.1, -0.05) is 35.3 Å². The molecule has 0 aliphatic carbocycles. The van der Waals surface area contributed by atoms with Crippen LogP contribution in [0.25, 0.3) is 11.3 Å². The third kappa shape index (κ3) is 4.67. The molecule has 2 heterocycles. The van der Waals surface area contributed by atoms with Crippen LogP contribution < -0.4 is 5.32 Å². The molecule has 4 nitrogen and oxygen atoms in total. The molecule has 146 valence electrons. The first-order valence-electron chi connectivity index (χ1n) is 8.54. The molecule has 8 heteroatoms. The number of thiazole rings is 1. The molecule has 0 spiro atoms. The molecule has 0 atom stereocenters. The summed E-state index contributed by atoms with van der Waals surface area (Å²) in [6, 6.07) is 14.6. The molecule has 0 saturated carbocycles. The van der Waals surface area contributed by atoms with Crippen molar-refractivity contribution in [2.24, 2.45) is 0 Å². The van der Waals surface area contributed by atoms with E-state index < -0.39 is 5.91 Å². The highest BCUT2D eigenvalue weighted by Crippen LogP contribution is 2.32. The number of anilines is 1. The molecule has 0 bridgehead atoms. The van der Waals surface area contributed by atoms with Gasteiger partial charge in [-0.3, -0.25) is 10.1 Å². The van der Waals surface area contributed by atoms with Gasteiger partial charge >= 0.3 is 0 Å². The van der Waals surface area contributed by atoms with Crippen molar-refractivity contribution in [3.05, 3.63) is 92.9 Å². The lowest BCUT2D eigenvalue weighted by Gasteiger charge is -2.02. The normalized spacial score (nSPS) is 10.9. The number of halogens is 3. The molecule has 4 rings (SSSR count). The SMILES string of the molecule is O=C(Nc1ncc(Cc2ccc(F)cc2)s1)c1ccc(-c2ccc(Cl)cc2Cl)o1. The van der Waals surface area contributed by atoms with E-state index in [1.165, 1.54) is 23.5 Å². The van der Waals surface area contributed by atoms with Crippen molar-refractivity contribution in [2.45, 2.75) is 6.42 Å². The Labute approximate surface area is 179 Å². The fourth-order valence-corrected chi connectivity index (χ4v) is 4.05. The first-order valence-corrected chi connectivity index (χ1v) is 10.1. The topological polar surface area (TPSA) is 55.1 Å². The zero-order valence-corrected chi connectivity index (χ0v) is 17.1. The number of benzene rings is 2. The average molecular weight is 447 g/mol. The van der Waals surface area contributed by atoms with E-state index in [0.717, 1.165) is 10.4 Å². The number of hydrogen-bond acceptors (Lipinski definition) is 4. The molecule has 29 heavy (non-hydrogen) atoms. The van der Waals surface area contributed by atoms with Crippen LogP contribution in [-0.2, 0) is 6.42 Å². The summed E-state index contributed by atoms with van der Waals surface area (Å²) in [4.78, 5) is 17.6. The maximum atomic E-state index is 13.0. The summed E-state index contributed by atoms with van der Waals surface area (Å²) < 4.78 is 18.6. The first kappa shape index (κ1) is 19.6. The smallest absolute Gasteiger partial charge is 0.293 e. The Morgan fingerprint density at radius 2 is 1.90 bits per heavy atom. The number of carbonyl (C=O) groups excluding carboxylic acids is 1. The van der Waals surface area contributed by atoms with E-state index in [-0.39, 0.29) is 11.6 Å². The maximum absolute atomic E-state index is 13.0. The Balaban J connectivity index is 1.44. The Morgan fingerprint density at radius 3 is 2.66 bits per heavy atom. The third-order valence-electron chi connectivity index (χ3n) is 4.09. The van der Waals surface area contributed by atoms with E-state index >= 15 is 0 Å². The van der Waals surface area contributed by atoms with Crippen molar-refractivity contribution in [3.8, 4) is 11.3 Å². The van der Waals surface area contributed by atoms with Crippen LogP contribution in [0, 0.1) is 5.82 Å². The van der Waals surface area contributed by atoms with Gasteiger partial charge < -0.3 is 4.42 Å². The minimum Gasteiger partial charge on any atom is -0.451 e. The monoisotopic (exact) mass is 446 g/mol. The van der Waals surface area contributed by atoms with E-state index in [1.807, 2.05) is 0 Å². The van der Waals surface area contributed by atoms with Crippen LogP contribution in [0.5, 0.6) is 0 Å². The second-order valence-corrected chi connectivity index (χ2v) is 8.14. The first-order chi connectivity index (χ1) is 14.0. The summed E-state index contributed by atoms with van der Waals surface area (Å²) >= 11 is 13.4. The third-order valence-corrected chi connectivity index (χ3v) is 5.55. The lowest BCUT2D eigenvalue weighted by molar-refractivity contribution is 0.0997. The van der Waals surface area contributed by atoms with Crippen molar-refractivity contribution in [1.82, 2.24) is 4.98 Å². The van der Waals surface area contributed by atoms with Gasteiger partial charge in [-0.05, 0) is 48.0 Å². The molecular weight excluding hydrogens is 434 g/mol. The van der Waals surface area contributed by atoms with E-state index in [0.29, 0.717) is 32.9 Å². The van der Waals surface area contributed by atoms with Gasteiger partial charge in [0.1, 0.15) is 11.6 Å². The van der Waals surface area contributed by atoms with Gasteiger partial charge in [0.15, 0.2) is 10.9 Å². The predicted octanol–water partition coefficient (Wildman–Crippen LogP) is 6.69. The minimum absolute atomic E-state index is 0.140. The quantitative estimate of drug-likeness (QED) is 0.371. The molecule has 0 aliphatic rings. The van der Waals surface area contributed by atoms with Gasteiger partial charge in [-0.2, -0.15) is 0 Å². The van der Waals surface area contributed by atoms with Crippen LogP contribution in [0.4, 0.5) is 9.52 Å². The number of hydrogen-bond donors (Lipinski definition) is 1. The summed E-state index contributed by atoms with van der Waals surface area (Å²) in [6.07, 6.45) is 2.29. The predicted molar refractivity (Wildman–Crippen MR) is 113 cm³/mol. The number of amides is 1. The van der Waals surface area contributed by atoms with Gasteiger partial charge in [0, 0.05) is 28.1 Å². The number of rotatable bonds is 5. The summed E-state index contributed by atoms with van der Waals surface area (Å²) in [7, 11) is 0. The molecule has 1 N–H and O–H groups in total. The zero-order chi connectivity index (χ0) is 20.4. The summed E-state index contributed by atoms with van der Waals surface area (Å²) in [5.41, 5.74) is 1.61. The molecule has 0 unspecified atom stereocenters. The molecule has 1 amide bonds. The largest absolute Gasteiger partial charge is 0.451 e. The van der Waals surface area contributed by atoms with E-state index in [2.05, 4.69) is 10.3 Å². The Hall–Kier alpha value is -2.67. The van der Waals surface area contributed by atoms with E-state index in [4.69, 9.17) is 27.6 Å². The summed E-state index contributed by atoms with van der Waals surface area (Å²) in [6.45, 7) is 0. The standard InChI is InChI=1S/C21H13Cl2FN2O2S/c22-13-3-6-16(17(23)10-13)18-7-8-19(28-18)20(27)26-21-25-11-15(29-21)9-12-1-4-14(24)5-2-12/h1-8,10-11H,9H2,(H,25,26,27). The van der Waals surface area contributed by atoms with Crippen LogP contribution in [0.3, 0.4) is 0 Å². The zero-order valence-electron chi connectivity index (χ0n) is 14.8. The van der Waals surface area contributed by atoms with Crippen molar-refractivity contribution >= 4 is 45.6 Å². The van der Waals surface area contributed by atoms with E-state index in [1.54, 1.807) is 48.7 Å². The van der Waals surface area contributed by atoms with Crippen LogP contribution in [0.15, 0.2) is 65.2 Å². The highest BCUT2D eigenvalue weighted by Gasteiger charge is 2.16. The van der Waals surface area contributed by atoms with Crippen molar-refractivity contribution in [3.63, 3.8) is 0 Å². The molecule has 0 aliphatic heterocycles. The molecule has 0 fully saturated rings. The fraction of sp³-hybridized carbons (Fsp3) is 0.0476. The van der Waals surface area contributed by atoms with Gasteiger partial charge in [0.2, 0.25) is 0 Å². The molecule has 0 radical (unpaired) electrons. The van der Waals surface area contributed by atoms with Gasteiger partial charge in [0.05, 0.1) is 5.02 Å². The highest BCUT2D eigenvalue weighted by atomic mass is 35.5. The molecule has 4 aromatic rings. The van der Waals surface area contributed by atoms with Crippen LogP contribution >= 0.6 is 34.5 Å². The van der Waals surface area contributed by atoms with Crippen LogP contribution in [-0.4, -0.2) is 10.9 Å². The van der Waals surface area contributed by atoms with Crippen LogP contribution in [0.1, 0.15) is 21.0 Å². The van der Waals surface area contributed by atoms with E-state index in [9.17, 15) is 9.18 Å². The molecule has 2 aromatic heterocycles. The lowest BCUT2D eigenvalue weighted by atomic mass is 10.1. The number of furan rings is 1. The number of nitrogens with one attached hydrogen (secondary N) is 1. The highest BCUT2D eigenvalue weighted by molar-refractivity contribution is 7.15. The number of carbonyl (C=O) groups is 1. The van der Waals surface area contributed by atoms with Crippen molar-refractivity contribution in [1.29, 1.82) is 0 Å². The Morgan fingerprint density at radius 1 is 1.10 bits per heavy atom. The van der Waals surface area contributed by atoms with Gasteiger partial charge in [-0.25, -0.2) is 9.37 Å². The van der Waals surface area contributed by atoms with Gasteiger partial charge in [-0.15, -0.1) is 11.3 Å². The van der Waals surface area contributed by atoms with Gasteiger partial charge in [0.25, 0.3) is 5.91 Å². The molecular formula is C21H13Cl2FN2O2S.